The van der Waals surface area contributed by atoms with Crippen molar-refractivity contribution in [2.45, 2.75) is 139 Å². The second-order valence-corrected chi connectivity index (χ2v) is 17.8. The van der Waals surface area contributed by atoms with Crippen LogP contribution in [0.4, 0.5) is 9.59 Å². The highest BCUT2D eigenvalue weighted by atomic mass is 32.2. The Balaban J connectivity index is 1.25. The SMILES string of the molecule is CC(C)(C)OC(=O)N[C@H]1CCCCCC=C[C@@H]2C[C@@]2(C(=O)NS(=O)(=O)C2CCCC2)NC(=O)[C@@H]2C[C@@H](OC(=O)N3Cc4ccccc4C3)CN2C1=O. The molecule has 0 unspecified atom stereocenters. The van der Waals surface area contributed by atoms with E-state index in [1.165, 1.54) is 4.90 Å². The number of rotatable bonds is 5. The molecule has 2 aliphatic carbocycles. The predicted molar refractivity (Wildman–Crippen MR) is 190 cm³/mol. The summed E-state index contributed by atoms with van der Waals surface area (Å²) in [6.45, 7) is 5.76. The molecule has 3 N–H and O–H groups in total. The van der Waals surface area contributed by atoms with Crippen LogP contribution in [0.2, 0.25) is 0 Å². The molecule has 5 atom stereocenters. The number of carbonyl (C=O) groups excluding carboxylic acids is 5. The number of carbonyl (C=O) groups is 5. The van der Waals surface area contributed by atoms with Crippen LogP contribution < -0.4 is 15.4 Å². The number of nitrogens with zero attached hydrogens (tertiary/aromatic N) is 2. The van der Waals surface area contributed by atoms with E-state index in [0.29, 0.717) is 38.8 Å². The zero-order chi connectivity index (χ0) is 37.3. The maximum atomic E-state index is 14.3. The van der Waals surface area contributed by atoms with Crippen molar-refractivity contribution in [3.8, 4) is 0 Å². The standard InChI is InChI=1S/C37H51N5O9S/c1-36(2,3)51-34(46)38-29-18-8-6-4-5-7-15-26-20-37(26,33(45)40-52(48,49)28-16-11-12-17-28)39-31(43)30-19-27(23-42(30)32(29)44)50-35(47)41-21-24-13-9-10-14-25(24)22-41/h7,9-10,13-15,26-30H,4-6,8,11-12,16-23H2,1-3H3,(H,38,46)(H,39,43)(H,40,45)/t26-,27-,29+,30+,37-/m1/s1. The van der Waals surface area contributed by atoms with E-state index in [-0.39, 0.29) is 25.8 Å². The van der Waals surface area contributed by atoms with Crippen molar-refractivity contribution in [1.82, 2.24) is 25.2 Å². The molecule has 284 valence electrons. The monoisotopic (exact) mass is 741 g/mol. The van der Waals surface area contributed by atoms with E-state index in [1.54, 1.807) is 25.7 Å². The van der Waals surface area contributed by atoms with Crippen molar-refractivity contribution in [3.63, 3.8) is 0 Å². The summed E-state index contributed by atoms with van der Waals surface area (Å²) in [6.07, 6.45) is 7.27. The first-order chi connectivity index (χ1) is 24.6. The molecule has 1 saturated heterocycles. The average molecular weight is 742 g/mol. The second kappa shape index (κ2) is 15.1. The minimum Gasteiger partial charge on any atom is -0.444 e. The quantitative estimate of drug-likeness (QED) is 0.379. The lowest BCUT2D eigenvalue weighted by Crippen LogP contribution is -2.58. The zero-order valence-corrected chi connectivity index (χ0v) is 31.0. The highest BCUT2D eigenvalue weighted by Crippen LogP contribution is 2.46. The molecule has 3 heterocycles. The summed E-state index contributed by atoms with van der Waals surface area (Å²) in [6, 6.07) is 5.49. The van der Waals surface area contributed by atoms with Crippen LogP contribution in [0.15, 0.2) is 36.4 Å². The van der Waals surface area contributed by atoms with E-state index < -0.39 is 80.4 Å². The first-order valence-electron chi connectivity index (χ1n) is 18.5. The van der Waals surface area contributed by atoms with Crippen molar-refractivity contribution in [3.05, 3.63) is 47.5 Å². The van der Waals surface area contributed by atoms with E-state index in [9.17, 15) is 32.4 Å². The first-order valence-corrected chi connectivity index (χ1v) is 20.1. The van der Waals surface area contributed by atoms with E-state index in [1.807, 2.05) is 36.4 Å². The van der Waals surface area contributed by atoms with Crippen molar-refractivity contribution in [1.29, 1.82) is 0 Å². The summed E-state index contributed by atoms with van der Waals surface area (Å²) >= 11 is 0. The van der Waals surface area contributed by atoms with Gasteiger partial charge in [0.25, 0.3) is 5.91 Å². The average Bonchev–Trinajstić information content (AvgIpc) is 3.53. The molecule has 52 heavy (non-hydrogen) atoms. The van der Waals surface area contributed by atoms with Gasteiger partial charge >= 0.3 is 12.2 Å². The Kier molecular flexibility index (Phi) is 10.9. The van der Waals surface area contributed by atoms with Crippen LogP contribution in [0.5, 0.6) is 0 Å². The molecule has 0 radical (unpaired) electrons. The van der Waals surface area contributed by atoms with Gasteiger partial charge in [0.2, 0.25) is 21.8 Å². The molecular formula is C37H51N5O9S. The molecule has 2 saturated carbocycles. The minimum atomic E-state index is -3.97. The Morgan fingerprint density at radius 1 is 0.962 bits per heavy atom. The van der Waals surface area contributed by atoms with E-state index in [0.717, 1.165) is 36.8 Å². The number of amides is 5. The number of sulfonamides is 1. The predicted octanol–water partition coefficient (Wildman–Crippen LogP) is 3.79. The van der Waals surface area contributed by atoms with Gasteiger partial charge in [0.1, 0.15) is 29.3 Å². The summed E-state index contributed by atoms with van der Waals surface area (Å²) in [4.78, 5) is 71.6. The fourth-order valence-corrected chi connectivity index (χ4v) is 9.36. The summed E-state index contributed by atoms with van der Waals surface area (Å²) in [7, 11) is -3.97. The van der Waals surface area contributed by atoms with Gasteiger partial charge in [0, 0.05) is 25.4 Å². The van der Waals surface area contributed by atoms with Crippen molar-refractivity contribution in [2.24, 2.45) is 5.92 Å². The molecule has 5 aliphatic rings. The lowest BCUT2D eigenvalue weighted by Gasteiger charge is -2.30. The van der Waals surface area contributed by atoms with E-state index in [2.05, 4.69) is 15.4 Å². The highest BCUT2D eigenvalue weighted by molar-refractivity contribution is 7.90. The van der Waals surface area contributed by atoms with Gasteiger partial charge in [-0.1, -0.05) is 62.1 Å². The van der Waals surface area contributed by atoms with Gasteiger partial charge in [-0.15, -0.1) is 0 Å². The van der Waals surface area contributed by atoms with Crippen molar-refractivity contribution in [2.75, 3.05) is 6.54 Å². The largest absolute Gasteiger partial charge is 0.444 e. The lowest BCUT2D eigenvalue weighted by molar-refractivity contribution is -0.141. The van der Waals surface area contributed by atoms with Gasteiger partial charge < -0.3 is 25.0 Å². The Hall–Kier alpha value is -4.14. The van der Waals surface area contributed by atoms with Crippen LogP contribution in [0.1, 0.15) is 103 Å². The lowest BCUT2D eigenvalue weighted by atomic mass is 10.0. The molecule has 15 heteroatoms. The fourth-order valence-electron chi connectivity index (χ4n) is 7.80. The van der Waals surface area contributed by atoms with Gasteiger partial charge in [-0.05, 0) is 70.4 Å². The number of benzene rings is 1. The molecule has 3 aliphatic heterocycles. The number of hydrogen-bond donors (Lipinski definition) is 3. The summed E-state index contributed by atoms with van der Waals surface area (Å²) in [5.41, 5.74) is -0.324. The van der Waals surface area contributed by atoms with Crippen LogP contribution in [-0.2, 0) is 47.0 Å². The number of allylic oxidation sites excluding steroid dienone is 1. The van der Waals surface area contributed by atoms with Crippen molar-refractivity contribution < 1.29 is 41.9 Å². The molecule has 3 fully saturated rings. The Morgan fingerprint density at radius 3 is 2.31 bits per heavy atom. The van der Waals surface area contributed by atoms with E-state index in [4.69, 9.17) is 9.47 Å². The third-order valence-electron chi connectivity index (χ3n) is 10.7. The number of alkyl carbamates (subject to hydrolysis) is 1. The molecule has 1 aromatic carbocycles. The fraction of sp³-hybridized carbons (Fsp3) is 0.649. The normalized spacial score (nSPS) is 28.4. The molecule has 0 aromatic heterocycles. The van der Waals surface area contributed by atoms with Crippen LogP contribution >= 0.6 is 0 Å². The molecule has 1 aromatic rings. The topological polar surface area (TPSA) is 181 Å². The maximum absolute atomic E-state index is 14.3. The summed E-state index contributed by atoms with van der Waals surface area (Å²) in [5.74, 6) is -2.46. The molecule has 14 nitrogen and oxygen atoms in total. The third-order valence-corrected chi connectivity index (χ3v) is 12.5. The number of nitrogens with one attached hydrogen (secondary N) is 3. The van der Waals surface area contributed by atoms with Crippen LogP contribution in [-0.4, -0.2) is 89.2 Å². The van der Waals surface area contributed by atoms with E-state index >= 15 is 0 Å². The van der Waals surface area contributed by atoms with Gasteiger partial charge in [0.15, 0.2) is 0 Å². The molecule has 0 spiro atoms. The molecule has 0 bridgehead atoms. The molecule has 6 rings (SSSR count). The van der Waals surface area contributed by atoms with Gasteiger partial charge in [0.05, 0.1) is 11.8 Å². The first kappa shape index (κ1) is 37.6. The Morgan fingerprint density at radius 2 is 1.63 bits per heavy atom. The summed E-state index contributed by atoms with van der Waals surface area (Å²) in [5, 5.41) is 4.88. The minimum absolute atomic E-state index is 0.0537. The van der Waals surface area contributed by atoms with Gasteiger partial charge in [-0.25, -0.2) is 18.0 Å². The number of hydrogen-bond acceptors (Lipinski definition) is 9. The van der Waals surface area contributed by atoms with Gasteiger partial charge in [-0.2, -0.15) is 0 Å². The highest BCUT2D eigenvalue weighted by Gasteiger charge is 2.62. The van der Waals surface area contributed by atoms with Crippen LogP contribution in [0, 0.1) is 5.92 Å². The number of fused-ring (bicyclic) bond motifs is 3. The van der Waals surface area contributed by atoms with Gasteiger partial charge in [-0.3, -0.25) is 24.0 Å². The molecular weight excluding hydrogens is 690 g/mol. The van der Waals surface area contributed by atoms with Crippen LogP contribution in [0.3, 0.4) is 0 Å². The summed E-state index contributed by atoms with van der Waals surface area (Å²) < 4.78 is 40.0. The maximum Gasteiger partial charge on any atom is 0.410 e. The molecule has 5 amide bonds. The van der Waals surface area contributed by atoms with Crippen molar-refractivity contribution >= 4 is 39.9 Å². The Bertz CT molecular complexity index is 1680. The third kappa shape index (κ3) is 8.56. The second-order valence-electron chi connectivity index (χ2n) is 15.8. The Labute approximate surface area is 305 Å². The smallest absolute Gasteiger partial charge is 0.410 e. The number of ether oxygens (including phenoxy) is 2. The zero-order valence-electron chi connectivity index (χ0n) is 30.2. The van der Waals surface area contributed by atoms with Crippen LogP contribution in [0.25, 0.3) is 0 Å².